The summed E-state index contributed by atoms with van der Waals surface area (Å²) in [5.74, 6) is 0.769. The summed E-state index contributed by atoms with van der Waals surface area (Å²) in [6.45, 7) is 6.43. The Labute approximate surface area is 122 Å². The molecule has 2 unspecified atom stereocenters. The fourth-order valence-electron chi connectivity index (χ4n) is 2.95. The van der Waals surface area contributed by atoms with Crippen LogP contribution in [0.2, 0.25) is 0 Å². The lowest BCUT2D eigenvalue weighted by molar-refractivity contribution is 0.0922. The third-order valence-electron chi connectivity index (χ3n) is 3.89. The molecule has 1 aliphatic carbocycles. The van der Waals surface area contributed by atoms with Gasteiger partial charge in [-0.15, -0.1) is 0 Å². The highest BCUT2D eigenvalue weighted by Gasteiger charge is 2.21. The summed E-state index contributed by atoms with van der Waals surface area (Å²) in [7, 11) is 0. The molecule has 0 bridgehead atoms. The standard InChI is InChI=1S/C17H26N2O/c1-12(2)18-16-10-5-4-9-15(16)17(20)19-14-8-6-7-13(3)11-14/h4-5,9-10,12-14,18H,6-8,11H2,1-3H3,(H,19,20). The summed E-state index contributed by atoms with van der Waals surface area (Å²) in [6, 6.07) is 8.40. The van der Waals surface area contributed by atoms with Crippen molar-refractivity contribution >= 4 is 11.6 Å². The minimum atomic E-state index is 0.0489. The maximum Gasteiger partial charge on any atom is 0.253 e. The summed E-state index contributed by atoms with van der Waals surface area (Å²) in [5.41, 5.74) is 1.67. The van der Waals surface area contributed by atoms with E-state index in [9.17, 15) is 4.79 Å². The van der Waals surface area contributed by atoms with Crippen molar-refractivity contribution in [1.29, 1.82) is 0 Å². The lowest BCUT2D eigenvalue weighted by atomic mass is 9.87. The molecular formula is C17H26N2O. The molecule has 20 heavy (non-hydrogen) atoms. The number of amides is 1. The zero-order valence-electron chi connectivity index (χ0n) is 12.8. The lowest BCUT2D eigenvalue weighted by Crippen LogP contribution is -2.38. The van der Waals surface area contributed by atoms with Crippen molar-refractivity contribution in [2.75, 3.05) is 5.32 Å². The summed E-state index contributed by atoms with van der Waals surface area (Å²) in [4.78, 5) is 12.5. The van der Waals surface area contributed by atoms with E-state index in [1.165, 1.54) is 12.8 Å². The van der Waals surface area contributed by atoms with Crippen LogP contribution in [0.4, 0.5) is 5.69 Å². The molecule has 0 spiro atoms. The molecule has 1 amide bonds. The van der Waals surface area contributed by atoms with Crippen molar-refractivity contribution in [3.05, 3.63) is 29.8 Å². The Hall–Kier alpha value is -1.51. The zero-order chi connectivity index (χ0) is 14.5. The molecule has 1 aliphatic rings. The molecule has 0 aromatic heterocycles. The Morgan fingerprint density at radius 1 is 1.25 bits per heavy atom. The van der Waals surface area contributed by atoms with Crippen LogP contribution in [0.15, 0.2) is 24.3 Å². The molecule has 1 aromatic rings. The van der Waals surface area contributed by atoms with E-state index in [-0.39, 0.29) is 5.91 Å². The average Bonchev–Trinajstić information content (AvgIpc) is 2.38. The van der Waals surface area contributed by atoms with Gasteiger partial charge in [-0.1, -0.05) is 31.9 Å². The highest BCUT2D eigenvalue weighted by Crippen LogP contribution is 2.24. The first-order valence-corrected chi connectivity index (χ1v) is 7.72. The summed E-state index contributed by atoms with van der Waals surface area (Å²) in [6.07, 6.45) is 4.72. The number of carbonyl (C=O) groups excluding carboxylic acids is 1. The third-order valence-corrected chi connectivity index (χ3v) is 3.89. The van der Waals surface area contributed by atoms with E-state index < -0.39 is 0 Å². The van der Waals surface area contributed by atoms with Gasteiger partial charge < -0.3 is 10.6 Å². The fourth-order valence-corrected chi connectivity index (χ4v) is 2.95. The average molecular weight is 274 g/mol. The van der Waals surface area contributed by atoms with Gasteiger partial charge in [0.05, 0.1) is 5.56 Å². The summed E-state index contributed by atoms with van der Waals surface area (Å²) in [5, 5.41) is 6.54. The minimum Gasteiger partial charge on any atom is -0.382 e. The van der Waals surface area contributed by atoms with Gasteiger partial charge in [0.25, 0.3) is 5.91 Å². The van der Waals surface area contributed by atoms with Crippen molar-refractivity contribution < 1.29 is 4.79 Å². The fraction of sp³-hybridized carbons (Fsp3) is 0.588. The zero-order valence-corrected chi connectivity index (χ0v) is 12.8. The summed E-state index contributed by atoms with van der Waals surface area (Å²) >= 11 is 0. The van der Waals surface area contributed by atoms with Crippen molar-refractivity contribution in [2.24, 2.45) is 5.92 Å². The largest absolute Gasteiger partial charge is 0.382 e. The molecule has 110 valence electrons. The second-order valence-electron chi connectivity index (χ2n) is 6.29. The topological polar surface area (TPSA) is 41.1 Å². The van der Waals surface area contributed by atoms with Crippen molar-refractivity contribution in [3.8, 4) is 0 Å². The molecule has 0 radical (unpaired) electrons. The Morgan fingerprint density at radius 2 is 2.00 bits per heavy atom. The summed E-state index contributed by atoms with van der Waals surface area (Å²) < 4.78 is 0. The molecule has 2 atom stereocenters. The van der Waals surface area contributed by atoms with Gasteiger partial charge in [-0.3, -0.25) is 4.79 Å². The first kappa shape index (κ1) is 14.9. The number of benzene rings is 1. The van der Waals surface area contributed by atoms with Gasteiger partial charge in [0.15, 0.2) is 0 Å². The van der Waals surface area contributed by atoms with Gasteiger partial charge in [0, 0.05) is 17.8 Å². The Kier molecular flexibility index (Phi) is 5.05. The van der Waals surface area contributed by atoms with Crippen molar-refractivity contribution in [1.82, 2.24) is 5.32 Å². The molecular weight excluding hydrogens is 248 g/mol. The SMILES string of the molecule is CC1CCCC(NC(=O)c2ccccc2NC(C)C)C1. The van der Waals surface area contributed by atoms with E-state index in [1.807, 2.05) is 24.3 Å². The predicted octanol–water partition coefficient (Wildman–Crippen LogP) is 3.82. The van der Waals surface area contributed by atoms with Crippen LogP contribution in [-0.4, -0.2) is 18.0 Å². The maximum atomic E-state index is 12.5. The van der Waals surface area contributed by atoms with Crippen molar-refractivity contribution in [3.63, 3.8) is 0 Å². The Morgan fingerprint density at radius 3 is 2.70 bits per heavy atom. The molecule has 1 saturated carbocycles. The van der Waals surface area contributed by atoms with Crippen LogP contribution in [0.5, 0.6) is 0 Å². The van der Waals surface area contributed by atoms with Crippen LogP contribution >= 0.6 is 0 Å². The first-order chi connectivity index (χ1) is 9.56. The van der Waals surface area contributed by atoms with Gasteiger partial charge in [-0.25, -0.2) is 0 Å². The first-order valence-electron chi connectivity index (χ1n) is 7.72. The number of para-hydroxylation sites is 1. The van der Waals surface area contributed by atoms with E-state index >= 15 is 0 Å². The van der Waals surface area contributed by atoms with E-state index in [4.69, 9.17) is 0 Å². The molecule has 0 aliphatic heterocycles. The van der Waals surface area contributed by atoms with Crippen LogP contribution in [0.1, 0.15) is 56.8 Å². The Balaban J connectivity index is 2.05. The normalized spacial score (nSPS) is 22.6. The maximum absolute atomic E-state index is 12.5. The van der Waals surface area contributed by atoms with Crippen LogP contribution in [-0.2, 0) is 0 Å². The lowest BCUT2D eigenvalue weighted by Gasteiger charge is -2.27. The number of carbonyl (C=O) groups is 1. The van der Waals surface area contributed by atoms with Gasteiger partial charge in [-0.2, -0.15) is 0 Å². The highest BCUT2D eigenvalue weighted by molar-refractivity contribution is 5.99. The van der Waals surface area contributed by atoms with Crippen molar-refractivity contribution in [2.45, 2.75) is 58.5 Å². The van der Waals surface area contributed by atoms with Crippen LogP contribution < -0.4 is 10.6 Å². The molecule has 0 heterocycles. The number of hydrogen-bond acceptors (Lipinski definition) is 2. The number of hydrogen-bond donors (Lipinski definition) is 2. The van der Waals surface area contributed by atoms with E-state index in [2.05, 4.69) is 31.4 Å². The predicted molar refractivity (Wildman–Crippen MR) is 84.1 cm³/mol. The highest BCUT2D eigenvalue weighted by atomic mass is 16.1. The number of rotatable bonds is 4. The molecule has 0 saturated heterocycles. The minimum absolute atomic E-state index is 0.0489. The van der Waals surface area contributed by atoms with Crippen LogP contribution in [0, 0.1) is 5.92 Å². The van der Waals surface area contributed by atoms with Gasteiger partial charge in [0.1, 0.15) is 0 Å². The van der Waals surface area contributed by atoms with Gasteiger partial charge in [0.2, 0.25) is 0 Å². The monoisotopic (exact) mass is 274 g/mol. The van der Waals surface area contributed by atoms with Gasteiger partial charge >= 0.3 is 0 Å². The van der Waals surface area contributed by atoms with E-state index in [1.54, 1.807) is 0 Å². The second kappa shape index (κ2) is 6.78. The quantitative estimate of drug-likeness (QED) is 0.876. The molecule has 1 aromatic carbocycles. The smallest absolute Gasteiger partial charge is 0.253 e. The molecule has 1 fully saturated rings. The number of nitrogens with one attached hydrogen (secondary N) is 2. The van der Waals surface area contributed by atoms with E-state index in [0.29, 0.717) is 12.1 Å². The molecule has 2 rings (SSSR count). The van der Waals surface area contributed by atoms with Crippen LogP contribution in [0.25, 0.3) is 0 Å². The molecule has 2 N–H and O–H groups in total. The Bertz CT molecular complexity index is 456. The van der Waals surface area contributed by atoms with Gasteiger partial charge in [-0.05, 0) is 44.7 Å². The molecule has 3 heteroatoms. The second-order valence-corrected chi connectivity index (χ2v) is 6.29. The number of anilines is 1. The van der Waals surface area contributed by atoms with Crippen LogP contribution in [0.3, 0.4) is 0 Å². The molecule has 3 nitrogen and oxygen atoms in total. The van der Waals surface area contributed by atoms with E-state index in [0.717, 1.165) is 30.0 Å². The third kappa shape index (κ3) is 3.99.